The van der Waals surface area contributed by atoms with E-state index in [4.69, 9.17) is 5.73 Å². The van der Waals surface area contributed by atoms with Gasteiger partial charge < -0.3 is 15.6 Å². The first-order chi connectivity index (χ1) is 12.2. The van der Waals surface area contributed by atoms with Gasteiger partial charge in [0.2, 0.25) is 0 Å². The van der Waals surface area contributed by atoms with Gasteiger partial charge in [-0.3, -0.25) is 9.48 Å². The van der Waals surface area contributed by atoms with E-state index in [2.05, 4.69) is 10.4 Å². The lowest BCUT2D eigenvalue weighted by molar-refractivity contribution is -0.140. The summed E-state index contributed by atoms with van der Waals surface area (Å²) in [6, 6.07) is 7.99. The van der Waals surface area contributed by atoms with Crippen molar-refractivity contribution in [1.82, 2.24) is 14.3 Å². The van der Waals surface area contributed by atoms with Gasteiger partial charge in [0.1, 0.15) is 12.2 Å². The largest absolute Gasteiger partial charge is 0.406 e. The third kappa shape index (κ3) is 3.30. The number of hydrogen-bond acceptors (Lipinski definition) is 3. The Morgan fingerprint density at radius 2 is 2.00 bits per heavy atom. The number of fused-ring (bicyclic) bond motifs is 1. The van der Waals surface area contributed by atoms with Crippen LogP contribution < -0.4 is 11.1 Å². The monoisotopic (exact) mass is 365 g/mol. The van der Waals surface area contributed by atoms with Crippen molar-refractivity contribution in [3.8, 4) is 0 Å². The summed E-state index contributed by atoms with van der Waals surface area (Å²) in [5, 5.41) is 7.32. The first-order valence-corrected chi connectivity index (χ1v) is 7.90. The zero-order valence-electron chi connectivity index (χ0n) is 14.3. The third-order valence-electron chi connectivity index (χ3n) is 4.27. The molecular formula is C17H18F3N5O. The lowest BCUT2D eigenvalue weighted by Gasteiger charge is -2.13. The number of hydrogen-bond donors (Lipinski definition) is 2. The van der Waals surface area contributed by atoms with E-state index in [-0.39, 0.29) is 18.1 Å². The van der Waals surface area contributed by atoms with E-state index >= 15 is 0 Å². The van der Waals surface area contributed by atoms with Gasteiger partial charge in [-0.05, 0) is 19.1 Å². The van der Waals surface area contributed by atoms with Crippen LogP contribution in [-0.2, 0) is 20.1 Å². The molecule has 0 saturated heterocycles. The summed E-state index contributed by atoms with van der Waals surface area (Å²) in [6.07, 6.45) is -4.46. The zero-order chi connectivity index (χ0) is 19.1. The Kier molecular flexibility index (Phi) is 4.49. The smallest absolute Gasteiger partial charge is 0.327 e. The van der Waals surface area contributed by atoms with Gasteiger partial charge in [-0.2, -0.15) is 18.3 Å². The minimum atomic E-state index is -4.46. The number of benzene rings is 1. The molecule has 0 aliphatic rings. The number of carbonyl (C=O) groups excluding carboxylic acids is 1. The van der Waals surface area contributed by atoms with Gasteiger partial charge >= 0.3 is 6.18 Å². The van der Waals surface area contributed by atoms with Gasteiger partial charge in [-0.25, -0.2) is 0 Å². The molecule has 0 aliphatic carbocycles. The van der Waals surface area contributed by atoms with Gasteiger partial charge in [0, 0.05) is 35.8 Å². The highest BCUT2D eigenvalue weighted by atomic mass is 19.4. The molecule has 0 saturated carbocycles. The lowest BCUT2D eigenvalue weighted by atomic mass is 10.2. The van der Waals surface area contributed by atoms with Crippen molar-refractivity contribution < 1.29 is 18.0 Å². The van der Waals surface area contributed by atoms with Gasteiger partial charge in [-0.1, -0.05) is 18.2 Å². The van der Waals surface area contributed by atoms with Crippen LogP contribution in [0.15, 0.2) is 30.3 Å². The summed E-state index contributed by atoms with van der Waals surface area (Å²) >= 11 is 0. The van der Waals surface area contributed by atoms with Crippen LogP contribution in [0.3, 0.4) is 0 Å². The molecule has 2 aromatic heterocycles. The molecule has 9 heteroatoms. The van der Waals surface area contributed by atoms with Crippen molar-refractivity contribution in [2.45, 2.75) is 26.2 Å². The normalized spacial score (nSPS) is 11.9. The van der Waals surface area contributed by atoms with E-state index in [9.17, 15) is 18.0 Å². The second kappa shape index (κ2) is 6.49. The van der Waals surface area contributed by atoms with Crippen molar-refractivity contribution in [3.05, 3.63) is 47.3 Å². The van der Waals surface area contributed by atoms with Crippen molar-refractivity contribution in [2.75, 3.05) is 5.32 Å². The summed E-state index contributed by atoms with van der Waals surface area (Å²) in [6.45, 7) is 0.695. The Hall–Kier alpha value is -2.81. The Morgan fingerprint density at radius 3 is 2.65 bits per heavy atom. The Bertz CT molecular complexity index is 971. The molecule has 1 aromatic carbocycles. The van der Waals surface area contributed by atoms with Crippen molar-refractivity contribution in [2.24, 2.45) is 12.8 Å². The highest BCUT2D eigenvalue weighted by Crippen LogP contribution is 2.26. The first kappa shape index (κ1) is 18.0. The fourth-order valence-electron chi connectivity index (χ4n) is 2.92. The molecule has 0 spiro atoms. The van der Waals surface area contributed by atoms with Crippen LogP contribution in [0.5, 0.6) is 0 Å². The number of aryl methyl sites for hydroxylation is 1. The average molecular weight is 365 g/mol. The van der Waals surface area contributed by atoms with Crippen LogP contribution >= 0.6 is 0 Å². The lowest BCUT2D eigenvalue weighted by Crippen LogP contribution is -2.24. The molecule has 0 fully saturated rings. The first-order valence-electron chi connectivity index (χ1n) is 7.90. The summed E-state index contributed by atoms with van der Waals surface area (Å²) in [4.78, 5) is 12.7. The number of nitrogens with two attached hydrogens (primary N) is 1. The summed E-state index contributed by atoms with van der Waals surface area (Å²) in [5.41, 5.74) is 7.36. The van der Waals surface area contributed by atoms with Crippen LogP contribution in [0.25, 0.3) is 10.9 Å². The minimum Gasteiger partial charge on any atom is -0.327 e. The molecular weight excluding hydrogens is 347 g/mol. The number of nitrogens with zero attached hydrogens (tertiary/aromatic N) is 3. The van der Waals surface area contributed by atoms with Gasteiger partial charge in [0.05, 0.1) is 0 Å². The molecule has 3 aromatic rings. The van der Waals surface area contributed by atoms with E-state index in [1.807, 2.05) is 0 Å². The van der Waals surface area contributed by atoms with E-state index in [0.717, 1.165) is 10.3 Å². The number of rotatable bonds is 4. The molecule has 3 rings (SSSR count). The number of anilines is 1. The SMILES string of the molecule is Cc1c(CN)c(NC(=O)c2cc3ccccc3n2CC(F)(F)F)nn1C. The molecule has 0 radical (unpaired) electrons. The summed E-state index contributed by atoms with van der Waals surface area (Å²) < 4.78 is 41.5. The number of carbonyl (C=O) groups is 1. The van der Waals surface area contributed by atoms with Crippen molar-refractivity contribution in [1.29, 1.82) is 0 Å². The fraction of sp³-hybridized carbons (Fsp3) is 0.294. The molecule has 3 N–H and O–H groups in total. The maximum Gasteiger partial charge on any atom is 0.406 e. The summed E-state index contributed by atoms with van der Waals surface area (Å²) in [5.74, 6) is -0.417. The van der Waals surface area contributed by atoms with Crippen LogP contribution in [0, 0.1) is 6.92 Å². The number of para-hydroxylation sites is 1. The second-order valence-corrected chi connectivity index (χ2v) is 5.98. The van der Waals surface area contributed by atoms with Crippen molar-refractivity contribution in [3.63, 3.8) is 0 Å². The van der Waals surface area contributed by atoms with Crippen LogP contribution in [-0.4, -0.2) is 26.4 Å². The molecule has 0 atom stereocenters. The van der Waals surface area contributed by atoms with Gasteiger partial charge in [0.15, 0.2) is 5.82 Å². The Labute approximate surface area is 147 Å². The molecule has 0 aliphatic heterocycles. The molecule has 138 valence electrons. The summed E-state index contributed by atoms with van der Waals surface area (Å²) in [7, 11) is 1.70. The highest BCUT2D eigenvalue weighted by Gasteiger charge is 2.31. The molecule has 6 nitrogen and oxygen atoms in total. The average Bonchev–Trinajstić information content (AvgIpc) is 3.04. The number of amides is 1. The van der Waals surface area contributed by atoms with Gasteiger partial charge in [0.25, 0.3) is 5.91 Å². The van der Waals surface area contributed by atoms with E-state index in [0.29, 0.717) is 16.5 Å². The highest BCUT2D eigenvalue weighted by molar-refractivity contribution is 6.06. The Morgan fingerprint density at radius 1 is 1.31 bits per heavy atom. The standard InChI is InChI=1S/C17H18F3N5O/c1-10-12(8-21)15(23-24(10)2)22-16(26)14-7-11-5-3-4-6-13(11)25(14)9-17(18,19)20/h3-7H,8-9,21H2,1-2H3,(H,22,23,26). The fourth-order valence-corrected chi connectivity index (χ4v) is 2.92. The number of halogens is 3. The molecule has 0 bridgehead atoms. The minimum absolute atomic E-state index is 0.0881. The molecule has 0 unspecified atom stereocenters. The molecule has 1 amide bonds. The zero-order valence-corrected chi connectivity index (χ0v) is 14.3. The Balaban J connectivity index is 2.03. The van der Waals surface area contributed by atoms with E-state index < -0.39 is 18.6 Å². The number of aromatic nitrogens is 3. The third-order valence-corrected chi connectivity index (χ3v) is 4.27. The predicted molar refractivity (Wildman–Crippen MR) is 91.8 cm³/mol. The number of nitrogens with one attached hydrogen (secondary N) is 1. The topological polar surface area (TPSA) is 77.9 Å². The van der Waals surface area contributed by atoms with E-state index in [1.165, 1.54) is 6.07 Å². The second-order valence-electron chi connectivity index (χ2n) is 5.98. The molecule has 26 heavy (non-hydrogen) atoms. The van der Waals surface area contributed by atoms with E-state index in [1.54, 1.807) is 42.9 Å². The molecule has 2 heterocycles. The van der Waals surface area contributed by atoms with Crippen LogP contribution in [0.4, 0.5) is 19.0 Å². The number of alkyl halides is 3. The quantitative estimate of drug-likeness (QED) is 0.746. The predicted octanol–water partition coefficient (Wildman–Crippen LogP) is 2.96. The van der Waals surface area contributed by atoms with Crippen molar-refractivity contribution >= 4 is 22.6 Å². The van der Waals surface area contributed by atoms with Crippen LogP contribution in [0.1, 0.15) is 21.7 Å². The maximum absolute atomic E-state index is 13.0. The van der Waals surface area contributed by atoms with Gasteiger partial charge in [-0.15, -0.1) is 0 Å². The van der Waals surface area contributed by atoms with Crippen LogP contribution in [0.2, 0.25) is 0 Å². The maximum atomic E-state index is 13.0.